The Bertz CT molecular complexity index is 539. The molecule has 0 radical (unpaired) electrons. The predicted molar refractivity (Wildman–Crippen MR) is 109 cm³/mol. The van der Waals surface area contributed by atoms with E-state index in [0.717, 1.165) is 6.42 Å². The molecule has 0 aromatic rings. The standard InChI is InChI=1S/C18H26O2S4/c1-16-7-8-18(23-9-2-10-24-18)15(20-16)19-14(16)13-3-5-17(6-4-13)21-11-12-22-17/h3,14-15H,2,4-12H2,1H3/t14-,15-,16+/m0/s1. The number of rotatable bonds is 1. The van der Waals surface area contributed by atoms with Gasteiger partial charge in [0.1, 0.15) is 10.2 Å². The van der Waals surface area contributed by atoms with Gasteiger partial charge in [-0.2, -0.15) is 0 Å². The van der Waals surface area contributed by atoms with Crippen molar-refractivity contribution in [2.75, 3.05) is 23.0 Å². The van der Waals surface area contributed by atoms with Crippen LogP contribution in [0.4, 0.5) is 0 Å². The molecule has 24 heavy (non-hydrogen) atoms. The smallest absolute Gasteiger partial charge is 0.182 e. The Labute approximate surface area is 162 Å². The first-order valence-corrected chi connectivity index (χ1v) is 13.2. The topological polar surface area (TPSA) is 18.5 Å². The fourth-order valence-corrected chi connectivity index (χ4v) is 11.1. The predicted octanol–water partition coefficient (Wildman–Crippen LogP) is 5.13. The van der Waals surface area contributed by atoms with E-state index in [-0.39, 0.29) is 22.1 Å². The number of fused-ring (bicyclic) bond motifs is 3. The number of thioether (sulfide) groups is 4. The zero-order valence-corrected chi connectivity index (χ0v) is 17.5. The van der Waals surface area contributed by atoms with Crippen LogP contribution in [0.3, 0.4) is 0 Å². The maximum atomic E-state index is 6.63. The summed E-state index contributed by atoms with van der Waals surface area (Å²) in [5.41, 5.74) is 1.43. The monoisotopic (exact) mass is 402 g/mol. The van der Waals surface area contributed by atoms with E-state index in [4.69, 9.17) is 9.47 Å². The van der Waals surface area contributed by atoms with Gasteiger partial charge in [0.2, 0.25) is 0 Å². The van der Waals surface area contributed by atoms with E-state index in [9.17, 15) is 0 Å². The molecule has 0 saturated carbocycles. The van der Waals surface area contributed by atoms with E-state index >= 15 is 0 Å². The van der Waals surface area contributed by atoms with Crippen molar-refractivity contribution in [1.29, 1.82) is 0 Å². The van der Waals surface area contributed by atoms with Gasteiger partial charge in [-0.15, -0.1) is 47.0 Å². The average molecular weight is 403 g/mol. The Morgan fingerprint density at radius 3 is 2.50 bits per heavy atom. The van der Waals surface area contributed by atoms with Gasteiger partial charge in [-0.05, 0) is 62.5 Å². The first kappa shape index (κ1) is 17.2. The summed E-state index contributed by atoms with van der Waals surface area (Å²) in [6, 6.07) is 0. The van der Waals surface area contributed by atoms with Gasteiger partial charge in [0.05, 0.1) is 9.68 Å². The lowest BCUT2D eigenvalue weighted by Crippen LogP contribution is -2.47. The van der Waals surface area contributed by atoms with Gasteiger partial charge in [-0.25, -0.2) is 0 Å². The summed E-state index contributed by atoms with van der Waals surface area (Å²) >= 11 is 8.56. The van der Waals surface area contributed by atoms with Crippen LogP contribution in [0.25, 0.3) is 0 Å². The highest BCUT2D eigenvalue weighted by molar-refractivity contribution is 8.21. The zero-order chi connectivity index (χ0) is 16.3. The molecule has 0 N–H and O–H groups in total. The van der Waals surface area contributed by atoms with Gasteiger partial charge in [0.15, 0.2) is 6.29 Å². The van der Waals surface area contributed by atoms with E-state index in [1.165, 1.54) is 60.7 Å². The van der Waals surface area contributed by atoms with Crippen molar-refractivity contribution in [2.24, 2.45) is 0 Å². The molecule has 2 bridgehead atoms. The third kappa shape index (κ3) is 2.73. The van der Waals surface area contributed by atoms with Crippen molar-refractivity contribution in [2.45, 2.75) is 71.6 Å². The third-order valence-corrected chi connectivity index (χ3v) is 13.2. The fraction of sp³-hybridized carbons (Fsp3) is 0.889. The lowest BCUT2D eigenvalue weighted by atomic mass is 9.83. The van der Waals surface area contributed by atoms with Gasteiger partial charge in [-0.1, -0.05) is 6.08 Å². The lowest BCUT2D eigenvalue weighted by molar-refractivity contribution is -0.116. The molecule has 0 aromatic carbocycles. The molecule has 0 unspecified atom stereocenters. The van der Waals surface area contributed by atoms with Crippen molar-refractivity contribution >= 4 is 47.0 Å². The second kappa shape index (κ2) is 6.30. The van der Waals surface area contributed by atoms with Crippen LogP contribution >= 0.6 is 47.0 Å². The van der Waals surface area contributed by atoms with Gasteiger partial charge >= 0.3 is 0 Å². The van der Waals surface area contributed by atoms with Gasteiger partial charge in [-0.3, -0.25) is 0 Å². The normalized spacial score (nSPS) is 43.3. The van der Waals surface area contributed by atoms with Crippen molar-refractivity contribution in [3.63, 3.8) is 0 Å². The van der Waals surface area contributed by atoms with Crippen LogP contribution in [0, 0.1) is 0 Å². The first-order valence-electron chi connectivity index (χ1n) is 9.21. The highest BCUT2D eigenvalue weighted by Gasteiger charge is 2.60. The van der Waals surface area contributed by atoms with Gasteiger partial charge in [0, 0.05) is 11.5 Å². The van der Waals surface area contributed by atoms with Crippen LogP contribution in [0.2, 0.25) is 0 Å². The van der Waals surface area contributed by atoms with Crippen LogP contribution in [0.15, 0.2) is 11.6 Å². The van der Waals surface area contributed by atoms with Crippen molar-refractivity contribution in [3.8, 4) is 0 Å². The summed E-state index contributed by atoms with van der Waals surface area (Å²) in [7, 11) is 0. The largest absolute Gasteiger partial charge is 0.341 e. The van der Waals surface area contributed by atoms with Crippen molar-refractivity contribution < 1.29 is 9.47 Å². The number of hydrogen-bond donors (Lipinski definition) is 0. The molecule has 0 amide bonds. The summed E-state index contributed by atoms with van der Waals surface area (Å²) in [5, 5.41) is 0. The Morgan fingerprint density at radius 2 is 1.79 bits per heavy atom. The molecule has 4 heterocycles. The van der Waals surface area contributed by atoms with Crippen LogP contribution in [0.1, 0.15) is 45.4 Å². The van der Waals surface area contributed by atoms with Gasteiger partial charge < -0.3 is 9.47 Å². The molecule has 4 aliphatic heterocycles. The summed E-state index contributed by atoms with van der Waals surface area (Å²) in [6.07, 6.45) is 10.1. The van der Waals surface area contributed by atoms with E-state index in [1.807, 2.05) is 0 Å². The van der Waals surface area contributed by atoms with Crippen molar-refractivity contribution in [3.05, 3.63) is 11.6 Å². The molecular weight excluding hydrogens is 376 g/mol. The summed E-state index contributed by atoms with van der Waals surface area (Å²) in [6.45, 7) is 2.30. The molecule has 134 valence electrons. The second-order valence-corrected chi connectivity index (χ2v) is 14.1. The maximum absolute atomic E-state index is 6.63. The second-order valence-electron chi connectivity index (χ2n) is 7.73. The summed E-state index contributed by atoms with van der Waals surface area (Å²) < 4.78 is 13.8. The lowest BCUT2D eigenvalue weighted by Gasteiger charge is -2.44. The molecule has 0 aromatic heterocycles. The summed E-state index contributed by atoms with van der Waals surface area (Å²) in [5.74, 6) is 5.18. The van der Waals surface area contributed by atoms with Gasteiger partial charge in [0.25, 0.3) is 0 Å². The molecule has 4 saturated heterocycles. The average Bonchev–Trinajstić information content (AvgIpc) is 3.18. The number of ether oxygens (including phenoxy) is 2. The van der Waals surface area contributed by atoms with E-state index in [1.54, 1.807) is 0 Å². The molecule has 2 spiro atoms. The summed E-state index contributed by atoms with van der Waals surface area (Å²) in [4.78, 5) is 0. The highest BCUT2D eigenvalue weighted by Crippen LogP contribution is 2.60. The van der Waals surface area contributed by atoms with Crippen LogP contribution in [0.5, 0.6) is 0 Å². The quantitative estimate of drug-likeness (QED) is 0.562. The minimum atomic E-state index is -0.0964. The van der Waals surface area contributed by atoms with Crippen LogP contribution in [-0.4, -0.2) is 49.2 Å². The molecule has 3 atom stereocenters. The van der Waals surface area contributed by atoms with Crippen LogP contribution < -0.4 is 0 Å². The first-order chi connectivity index (χ1) is 11.6. The molecule has 4 fully saturated rings. The fourth-order valence-electron chi connectivity index (χ4n) is 4.70. The zero-order valence-electron chi connectivity index (χ0n) is 14.3. The molecule has 6 heteroatoms. The Morgan fingerprint density at radius 1 is 1.00 bits per heavy atom. The third-order valence-electron chi connectivity index (χ3n) is 6.12. The number of allylic oxidation sites excluding steroid dienone is 1. The minimum Gasteiger partial charge on any atom is -0.341 e. The Hall–Kier alpha value is 1.06. The Kier molecular flexibility index (Phi) is 4.51. The highest BCUT2D eigenvalue weighted by atomic mass is 32.2. The van der Waals surface area contributed by atoms with Crippen molar-refractivity contribution in [1.82, 2.24) is 0 Å². The minimum absolute atomic E-state index is 0.0106. The molecular formula is C18H26O2S4. The van der Waals surface area contributed by atoms with E-state index in [2.05, 4.69) is 60.0 Å². The molecule has 5 aliphatic rings. The number of hydrogen-bond acceptors (Lipinski definition) is 6. The maximum Gasteiger partial charge on any atom is 0.182 e. The molecule has 1 aliphatic carbocycles. The van der Waals surface area contributed by atoms with E-state index in [0.29, 0.717) is 4.08 Å². The Balaban J connectivity index is 1.35. The van der Waals surface area contributed by atoms with Crippen LogP contribution in [-0.2, 0) is 9.47 Å². The SMILES string of the molecule is C[C@@]12CCC3(SCCCS3)[C@@H](O[C@H]1C1=CCC3(CC1)SCCS3)O2. The molecule has 5 rings (SSSR count). The molecule has 2 nitrogen and oxygen atoms in total. The van der Waals surface area contributed by atoms with E-state index < -0.39 is 0 Å².